The molecule has 2 aromatic rings. The summed E-state index contributed by atoms with van der Waals surface area (Å²) < 4.78 is 51.0. The maximum atomic E-state index is 14.0. The van der Waals surface area contributed by atoms with Crippen molar-refractivity contribution in [2.24, 2.45) is 0 Å². The molecule has 0 atom stereocenters. The Balaban J connectivity index is 2.37. The molecule has 7 heteroatoms. The van der Waals surface area contributed by atoms with Crippen LogP contribution in [-0.2, 0) is 9.59 Å². The first kappa shape index (κ1) is 18.0. The third-order valence-corrected chi connectivity index (χ3v) is 3.01. The topological polar surface area (TPSA) is 52.6 Å². The van der Waals surface area contributed by atoms with E-state index >= 15 is 0 Å². The number of carbonyl (C=O) groups is 2. The van der Waals surface area contributed by atoms with Crippen molar-refractivity contribution >= 4 is 11.9 Å². The second kappa shape index (κ2) is 7.48. The molecule has 0 radical (unpaired) electrons. The van der Waals surface area contributed by atoms with Crippen molar-refractivity contribution in [2.75, 3.05) is 0 Å². The van der Waals surface area contributed by atoms with E-state index in [1.807, 2.05) is 0 Å². The molecule has 25 heavy (non-hydrogen) atoms. The van der Waals surface area contributed by atoms with Gasteiger partial charge in [-0.05, 0) is 35.4 Å². The van der Waals surface area contributed by atoms with Gasteiger partial charge in [-0.1, -0.05) is 19.2 Å². The molecule has 2 rings (SSSR count). The lowest BCUT2D eigenvalue weighted by Crippen LogP contribution is -2.07. The Kier molecular flexibility index (Phi) is 5.38. The molecular formula is C18H11F3O4. The number of benzene rings is 2. The molecule has 0 saturated carbocycles. The average Bonchev–Trinajstić information content (AvgIpc) is 2.59. The highest BCUT2D eigenvalue weighted by Crippen LogP contribution is 2.31. The molecular weight excluding hydrogens is 337 g/mol. The van der Waals surface area contributed by atoms with E-state index in [2.05, 4.69) is 22.6 Å². The standard InChI is InChI=1S/C18H11F3O4/c1-3-16(22)24-15-6-5-10(7-12(15)19)11-8-13(20)18(14(21)9-11)25-17(23)4-2/h3-9H,1-2H2. The fourth-order valence-electron chi connectivity index (χ4n) is 1.88. The predicted octanol–water partition coefficient (Wildman–Crippen LogP) is 3.95. The van der Waals surface area contributed by atoms with Crippen molar-refractivity contribution in [3.05, 3.63) is 73.1 Å². The van der Waals surface area contributed by atoms with Gasteiger partial charge in [0.05, 0.1) is 0 Å². The molecule has 2 aromatic carbocycles. The Morgan fingerprint density at radius 1 is 0.800 bits per heavy atom. The van der Waals surface area contributed by atoms with E-state index in [-0.39, 0.29) is 16.9 Å². The molecule has 0 saturated heterocycles. The van der Waals surface area contributed by atoms with Crippen LogP contribution in [0.1, 0.15) is 0 Å². The minimum atomic E-state index is -1.15. The molecule has 0 N–H and O–H groups in total. The highest BCUT2D eigenvalue weighted by molar-refractivity contribution is 5.84. The summed E-state index contributed by atoms with van der Waals surface area (Å²) in [6.07, 6.45) is 1.62. The van der Waals surface area contributed by atoms with Crippen molar-refractivity contribution in [1.29, 1.82) is 0 Å². The van der Waals surface area contributed by atoms with Crippen LogP contribution in [-0.4, -0.2) is 11.9 Å². The summed E-state index contributed by atoms with van der Waals surface area (Å²) in [7, 11) is 0. The zero-order chi connectivity index (χ0) is 18.6. The summed E-state index contributed by atoms with van der Waals surface area (Å²) in [5, 5.41) is 0. The largest absolute Gasteiger partial charge is 0.420 e. The zero-order valence-electron chi connectivity index (χ0n) is 12.7. The molecule has 0 heterocycles. The zero-order valence-corrected chi connectivity index (χ0v) is 12.7. The fraction of sp³-hybridized carbons (Fsp3) is 0. The SMILES string of the molecule is C=CC(=O)Oc1ccc(-c2cc(F)c(OC(=O)C=C)c(F)c2)cc1F. The normalized spacial score (nSPS) is 10.0. The molecule has 0 bridgehead atoms. The van der Waals surface area contributed by atoms with Crippen LogP contribution >= 0.6 is 0 Å². The fourth-order valence-corrected chi connectivity index (χ4v) is 1.88. The second-order valence-electron chi connectivity index (χ2n) is 4.66. The average molecular weight is 348 g/mol. The van der Waals surface area contributed by atoms with Gasteiger partial charge in [0, 0.05) is 12.2 Å². The van der Waals surface area contributed by atoms with E-state index in [4.69, 9.17) is 0 Å². The van der Waals surface area contributed by atoms with Crippen LogP contribution in [0.3, 0.4) is 0 Å². The predicted molar refractivity (Wildman–Crippen MR) is 83.4 cm³/mol. The first-order valence-corrected chi connectivity index (χ1v) is 6.83. The third kappa shape index (κ3) is 4.14. The highest BCUT2D eigenvalue weighted by Gasteiger charge is 2.17. The molecule has 0 aromatic heterocycles. The van der Waals surface area contributed by atoms with Crippen molar-refractivity contribution in [1.82, 2.24) is 0 Å². The van der Waals surface area contributed by atoms with Crippen LogP contribution < -0.4 is 9.47 Å². The van der Waals surface area contributed by atoms with Crippen LogP contribution in [0.4, 0.5) is 13.2 Å². The summed E-state index contributed by atoms with van der Waals surface area (Å²) in [5.74, 6) is -6.31. The van der Waals surface area contributed by atoms with E-state index in [9.17, 15) is 22.8 Å². The van der Waals surface area contributed by atoms with Crippen molar-refractivity contribution in [3.63, 3.8) is 0 Å². The summed E-state index contributed by atoms with van der Waals surface area (Å²) in [6, 6.07) is 5.12. The van der Waals surface area contributed by atoms with Gasteiger partial charge < -0.3 is 9.47 Å². The Hall–Kier alpha value is -3.35. The Morgan fingerprint density at radius 2 is 1.32 bits per heavy atom. The highest BCUT2D eigenvalue weighted by atomic mass is 19.1. The summed E-state index contributed by atoms with van der Waals surface area (Å²) in [5.41, 5.74) is 0.115. The number of carbonyl (C=O) groups excluding carboxylic acids is 2. The molecule has 0 spiro atoms. The molecule has 0 aliphatic carbocycles. The smallest absolute Gasteiger partial charge is 0.335 e. The first-order valence-electron chi connectivity index (χ1n) is 6.83. The van der Waals surface area contributed by atoms with Crippen LogP contribution in [0.25, 0.3) is 11.1 Å². The van der Waals surface area contributed by atoms with E-state index in [0.29, 0.717) is 0 Å². The summed E-state index contributed by atoms with van der Waals surface area (Å²) >= 11 is 0. The van der Waals surface area contributed by atoms with Crippen molar-refractivity contribution in [3.8, 4) is 22.6 Å². The molecule has 0 aliphatic rings. The Morgan fingerprint density at radius 3 is 1.84 bits per heavy atom. The minimum absolute atomic E-state index is 0.00565. The molecule has 4 nitrogen and oxygen atoms in total. The molecule has 0 fully saturated rings. The summed E-state index contributed by atoms with van der Waals surface area (Å²) in [4.78, 5) is 22.1. The lowest BCUT2D eigenvalue weighted by molar-refractivity contribution is -0.130. The maximum absolute atomic E-state index is 14.0. The summed E-state index contributed by atoms with van der Waals surface area (Å²) in [6.45, 7) is 6.31. The quantitative estimate of drug-likeness (QED) is 0.466. The molecule has 0 aliphatic heterocycles. The minimum Gasteiger partial charge on any atom is -0.420 e. The van der Waals surface area contributed by atoms with E-state index < -0.39 is 35.1 Å². The van der Waals surface area contributed by atoms with Crippen molar-refractivity contribution < 1.29 is 32.2 Å². The third-order valence-electron chi connectivity index (χ3n) is 3.01. The van der Waals surface area contributed by atoms with Gasteiger partial charge in [-0.3, -0.25) is 0 Å². The van der Waals surface area contributed by atoms with Crippen LogP contribution in [0.5, 0.6) is 11.5 Å². The van der Waals surface area contributed by atoms with Crippen LogP contribution in [0.2, 0.25) is 0 Å². The molecule has 0 unspecified atom stereocenters. The number of hydrogen-bond donors (Lipinski definition) is 0. The molecule has 0 amide bonds. The van der Waals surface area contributed by atoms with E-state index in [1.54, 1.807) is 0 Å². The van der Waals surface area contributed by atoms with Gasteiger partial charge in [0.25, 0.3) is 0 Å². The van der Waals surface area contributed by atoms with Gasteiger partial charge in [0.2, 0.25) is 5.75 Å². The molecule has 128 valence electrons. The Bertz CT molecular complexity index is 852. The van der Waals surface area contributed by atoms with E-state index in [1.165, 1.54) is 6.07 Å². The second-order valence-corrected chi connectivity index (χ2v) is 4.66. The number of ether oxygens (including phenoxy) is 2. The van der Waals surface area contributed by atoms with Crippen LogP contribution in [0.15, 0.2) is 55.6 Å². The van der Waals surface area contributed by atoms with Gasteiger partial charge in [-0.25, -0.2) is 22.8 Å². The lowest BCUT2D eigenvalue weighted by Gasteiger charge is -2.09. The number of hydrogen-bond acceptors (Lipinski definition) is 4. The van der Waals surface area contributed by atoms with Gasteiger partial charge in [0.15, 0.2) is 23.2 Å². The van der Waals surface area contributed by atoms with Crippen molar-refractivity contribution in [2.45, 2.75) is 0 Å². The number of halogens is 3. The monoisotopic (exact) mass is 348 g/mol. The maximum Gasteiger partial charge on any atom is 0.335 e. The van der Waals surface area contributed by atoms with Gasteiger partial charge >= 0.3 is 11.9 Å². The van der Waals surface area contributed by atoms with Gasteiger partial charge in [0.1, 0.15) is 0 Å². The van der Waals surface area contributed by atoms with Crippen LogP contribution in [0, 0.1) is 17.5 Å². The number of rotatable bonds is 5. The van der Waals surface area contributed by atoms with Gasteiger partial charge in [-0.15, -0.1) is 0 Å². The Labute approximate surface area is 140 Å². The first-order chi connectivity index (χ1) is 11.8. The lowest BCUT2D eigenvalue weighted by atomic mass is 10.0. The van der Waals surface area contributed by atoms with Gasteiger partial charge in [-0.2, -0.15) is 0 Å². The number of esters is 2. The van der Waals surface area contributed by atoms with E-state index in [0.717, 1.165) is 36.4 Å².